The van der Waals surface area contributed by atoms with Crippen LogP contribution in [0.15, 0.2) is 60.2 Å². The number of aryl methyl sites for hydroxylation is 2. The summed E-state index contributed by atoms with van der Waals surface area (Å²) in [5.74, 6) is -0.00522. The van der Waals surface area contributed by atoms with Gasteiger partial charge >= 0.3 is 0 Å². The number of ketones is 1. The highest BCUT2D eigenvalue weighted by molar-refractivity contribution is 6.51. The van der Waals surface area contributed by atoms with E-state index in [9.17, 15) is 14.7 Å². The van der Waals surface area contributed by atoms with Gasteiger partial charge in [0.25, 0.3) is 11.7 Å². The van der Waals surface area contributed by atoms with E-state index in [1.165, 1.54) is 4.90 Å². The fourth-order valence-corrected chi connectivity index (χ4v) is 4.80. The van der Waals surface area contributed by atoms with Gasteiger partial charge in [0.2, 0.25) is 0 Å². The predicted octanol–water partition coefficient (Wildman–Crippen LogP) is 6.13. The first-order valence-corrected chi connectivity index (χ1v) is 13.3. The summed E-state index contributed by atoms with van der Waals surface area (Å²) in [4.78, 5) is 28.7. The van der Waals surface area contributed by atoms with Crippen molar-refractivity contribution in [3.05, 3.63) is 82.4 Å². The lowest BCUT2D eigenvalue weighted by Gasteiger charge is -2.27. The number of anilines is 1. The molecule has 0 bridgehead atoms. The van der Waals surface area contributed by atoms with E-state index < -0.39 is 17.7 Å². The standard InChI is InChI=1S/C32H35NO7/c1-7-38-23-13-14-24(26(18-23)39-8-2)30(34)28-29(21-11-15-25(37-6)27(17-21)40-9-3)33(32(36)31(28)35)22-12-10-19(4)20(5)16-22/h10-18,29,34H,7-9H2,1-6H3/b30-28+. The minimum absolute atomic E-state index is 0.0547. The Bertz CT molecular complexity index is 1460. The summed E-state index contributed by atoms with van der Waals surface area (Å²) in [7, 11) is 1.54. The molecule has 1 N–H and O–H groups in total. The highest BCUT2D eigenvalue weighted by atomic mass is 16.5. The number of nitrogens with zero attached hydrogens (tertiary/aromatic N) is 1. The van der Waals surface area contributed by atoms with Crippen molar-refractivity contribution in [3.8, 4) is 23.0 Å². The highest BCUT2D eigenvalue weighted by Crippen LogP contribution is 2.45. The lowest BCUT2D eigenvalue weighted by atomic mass is 9.94. The molecule has 1 saturated heterocycles. The average molecular weight is 546 g/mol. The van der Waals surface area contributed by atoms with E-state index in [4.69, 9.17) is 18.9 Å². The number of benzene rings is 3. The second-order valence-corrected chi connectivity index (χ2v) is 9.30. The average Bonchev–Trinajstić information content (AvgIpc) is 3.20. The Labute approximate surface area is 234 Å². The second kappa shape index (κ2) is 12.2. The Morgan fingerprint density at radius 3 is 2.15 bits per heavy atom. The number of carbonyl (C=O) groups is 2. The molecule has 1 unspecified atom stereocenters. The molecule has 3 aromatic carbocycles. The van der Waals surface area contributed by atoms with Crippen molar-refractivity contribution < 1.29 is 33.6 Å². The van der Waals surface area contributed by atoms with Crippen LogP contribution in [0.5, 0.6) is 23.0 Å². The molecular weight excluding hydrogens is 510 g/mol. The van der Waals surface area contributed by atoms with Gasteiger partial charge in [0.15, 0.2) is 11.5 Å². The van der Waals surface area contributed by atoms with Crippen LogP contribution >= 0.6 is 0 Å². The molecule has 8 heteroatoms. The third-order valence-corrected chi connectivity index (χ3v) is 6.84. The van der Waals surface area contributed by atoms with Crippen LogP contribution in [0.2, 0.25) is 0 Å². The van der Waals surface area contributed by atoms with Crippen LogP contribution in [0, 0.1) is 13.8 Å². The molecule has 1 fully saturated rings. The monoisotopic (exact) mass is 545 g/mol. The Kier molecular flexibility index (Phi) is 8.67. The van der Waals surface area contributed by atoms with Crippen LogP contribution < -0.4 is 23.8 Å². The number of aliphatic hydroxyl groups excluding tert-OH is 1. The van der Waals surface area contributed by atoms with E-state index in [1.54, 1.807) is 49.6 Å². The minimum atomic E-state index is -0.937. The van der Waals surface area contributed by atoms with Crippen LogP contribution in [0.1, 0.15) is 49.1 Å². The first-order valence-electron chi connectivity index (χ1n) is 13.3. The maximum absolute atomic E-state index is 13.7. The first kappa shape index (κ1) is 28.5. The summed E-state index contributed by atoms with van der Waals surface area (Å²) < 4.78 is 22.7. The third-order valence-electron chi connectivity index (χ3n) is 6.84. The SMILES string of the molecule is CCOc1ccc(/C(O)=C2\C(=O)C(=O)N(c3ccc(C)c(C)c3)C2c2ccc(OC)c(OCC)c2)c(OCC)c1. The number of aliphatic hydroxyl groups is 1. The zero-order chi connectivity index (χ0) is 29.0. The van der Waals surface area contributed by atoms with Gasteiger partial charge in [-0.05, 0) is 87.7 Å². The molecule has 0 aliphatic carbocycles. The molecule has 40 heavy (non-hydrogen) atoms. The summed E-state index contributed by atoms with van der Waals surface area (Å²) in [6.07, 6.45) is 0. The molecule has 0 radical (unpaired) electrons. The molecule has 210 valence electrons. The predicted molar refractivity (Wildman–Crippen MR) is 154 cm³/mol. The van der Waals surface area contributed by atoms with Crippen molar-refractivity contribution in [2.24, 2.45) is 0 Å². The van der Waals surface area contributed by atoms with Gasteiger partial charge in [0.1, 0.15) is 17.3 Å². The number of amides is 1. The topological polar surface area (TPSA) is 94.5 Å². The van der Waals surface area contributed by atoms with Crippen LogP contribution in [-0.2, 0) is 9.59 Å². The minimum Gasteiger partial charge on any atom is -0.507 e. The smallest absolute Gasteiger partial charge is 0.300 e. The Balaban J connectivity index is 1.98. The highest BCUT2D eigenvalue weighted by Gasteiger charge is 2.47. The van der Waals surface area contributed by atoms with Crippen LogP contribution in [-0.4, -0.2) is 43.7 Å². The van der Waals surface area contributed by atoms with Crippen molar-refractivity contribution in [3.63, 3.8) is 0 Å². The zero-order valence-electron chi connectivity index (χ0n) is 23.7. The fraction of sp³-hybridized carbons (Fsp3) is 0.312. The largest absolute Gasteiger partial charge is 0.507 e. The molecule has 8 nitrogen and oxygen atoms in total. The summed E-state index contributed by atoms with van der Waals surface area (Å²) in [6, 6.07) is 14.8. The van der Waals surface area contributed by atoms with Gasteiger partial charge in [-0.3, -0.25) is 14.5 Å². The molecular formula is C32H35NO7. The number of hydrogen-bond donors (Lipinski definition) is 1. The van der Waals surface area contributed by atoms with E-state index >= 15 is 0 Å². The van der Waals surface area contributed by atoms with E-state index in [0.717, 1.165) is 11.1 Å². The molecule has 0 aromatic heterocycles. The number of hydrogen-bond acceptors (Lipinski definition) is 7. The molecule has 1 amide bonds. The maximum Gasteiger partial charge on any atom is 0.300 e. The molecule has 1 atom stereocenters. The van der Waals surface area contributed by atoms with Gasteiger partial charge in [0.05, 0.1) is 44.1 Å². The zero-order valence-corrected chi connectivity index (χ0v) is 23.7. The molecule has 0 spiro atoms. The van der Waals surface area contributed by atoms with E-state index in [1.807, 2.05) is 46.8 Å². The van der Waals surface area contributed by atoms with Gasteiger partial charge in [-0.25, -0.2) is 0 Å². The number of carbonyl (C=O) groups excluding carboxylic acids is 2. The molecule has 4 rings (SSSR count). The van der Waals surface area contributed by atoms with Gasteiger partial charge < -0.3 is 24.1 Å². The Morgan fingerprint density at radius 1 is 0.800 bits per heavy atom. The molecule has 1 aliphatic rings. The number of rotatable bonds is 10. The van der Waals surface area contributed by atoms with Crippen LogP contribution in [0.3, 0.4) is 0 Å². The summed E-state index contributed by atoms with van der Waals surface area (Å²) >= 11 is 0. The summed E-state index contributed by atoms with van der Waals surface area (Å²) in [5.41, 5.74) is 3.36. The first-order chi connectivity index (χ1) is 19.2. The van der Waals surface area contributed by atoms with Crippen molar-refractivity contribution in [1.29, 1.82) is 0 Å². The van der Waals surface area contributed by atoms with Crippen LogP contribution in [0.4, 0.5) is 5.69 Å². The van der Waals surface area contributed by atoms with Gasteiger partial charge in [-0.1, -0.05) is 12.1 Å². The number of methoxy groups -OCH3 is 1. The Hall–Kier alpha value is -4.46. The van der Waals surface area contributed by atoms with E-state index in [0.29, 0.717) is 54.1 Å². The van der Waals surface area contributed by atoms with E-state index in [2.05, 4.69) is 0 Å². The van der Waals surface area contributed by atoms with Crippen molar-refractivity contribution in [1.82, 2.24) is 0 Å². The fourth-order valence-electron chi connectivity index (χ4n) is 4.80. The van der Waals surface area contributed by atoms with Crippen molar-refractivity contribution in [2.45, 2.75) is 40.7 Å². The molecule has 1 aliphatic heterocycles. The quantitative estimate of drug-likeness (QED) is 0.186. The lowest BCUT2D eigenvalue weighted by Crippen LogP contribution is -2.29. The number of ether oxygens (including phenoxy) is 4. The lowest BCUT2D eigenvalue weighted by molar-refractivity contribution is -0.132. The normalized spacial score (nSPS) is 16.2. The van der Waals surface area contributed by atoms with Gasteiger partial charge in [-0.2, -0.15) is 0 Å². The van der Waals surface area contributed by atoms with Gasteiger partial charge in [0, 0.05) is 11.8 Å². The van der Waals surface area contributed by atoms with E-state index in [-0.39, 0.29) is 16.9 Å². The Morgan fingerprint density at radius 2 is 1.50 bits per heavy atom. The molecule has 3 aromatic rings. The second-order valence-electron chi connectivity index (χ2n) is 9.30. The van der Waals surface area contributed by atoms with Crippen molar-refractivity contribution in [2.75, 3.05) is 31.8 Å². The number of Topliss-reactive ketones (excluding diaryl/α,β-unsaturated/α-hetero) is 1. The van der Waals surface area contributed by atoms with Crippen molar-refractivity contribution >= 4 is 23.1 Å². The molecule has 0 saturated carbocycles. The summed E-state index contributed by atoms with van der Waals surface area (Å²) in [5, 5.41) is 11.7. The maximum atomic E-state index is 13.7. The third kappa shape index (κ3) is 5.34. The summed E-state index contributed by atoms with van der Waals surface area (Å²) in [6.45, 7) is 10.6. The van der Waals surface area contributed by atoms with Crippen LogP contribution in [0.25, 0.3) is 5.76 Å². The van der Waals surface area contributed by atoms with Gasteiger partial charge in [-0.15, -0.1) is 0 Å². The molecule has 1 heterocycles.